The van der Waals surface area contributed by atoms with Crippen molar-refractivity contribution in [3.8, 4) is 6.07 Å². The molecule has 1 N–H and O–H groups in total. The summed E-state index contributed by atoms with van der Waals surface area (Å²) in [6, 6.07) is 6.64. The normalized spacial score (nSPS) is 13.2. The molecule has 8 heteroatoms. The number of halogens is 2. The molecule has 0 aliphatic heterocycles. The van der Waals surface area contributed by atoms with Crippen LogP contribution in [0.1, 0.15) is 26.3 Å². The van der Waals surface area contributed by atoms with Crippen LogP contribution in [-0.2, 0) is 9.84 Å². The Bertz CT molecular complexity index is 737. The van der Waals surface area contributed by atoms with E-state index in [0.29, 0.717) is 15.6 Å². The summed E-state index contributed by atoms with van der Waals surface area (Å²) in [6.07, 6.45) is 2.38. The lowest BCUT2D eigenvalue weighted by Crippen LogP contribution is -2.29. The molecule has 0 spiro atoms. The van der Waals surface area contributed by atoms with Crippen molar-refractivity contribution >= 4 is 39.3 Å². The third-order valence-corrected chi connectivity index (χ3v) is 5.73. The number of hydrogen-bond donors (Lipinski definition) is 1. The first-order valence-corrected chi connectivity index (χ1v) is 8.42. The molecule has 0 unspecified atom stereocenters. The first-order valence-electron chi connectivity index (χ1n) is 6.19. The Labute approximate surface area is 140 Å². The first-order chi connectivity index (χ1) is 10.1. The minimum atomic E-state index is -3.74. The van der Waals surface area contributed by atoms with Gasteiger partial charge in [0.05, 0.1) is 21.0 Å². The molecule has 5 nitrogen and oxygen atoms in total. The molecule has 0 radical (unpaired) electrons. The second-order valence-corrected chi connectivity index (χ2v) is 8.74. The highest BCUT2D eigenvalue weighted by molar-refractivity contribution is 7.96. The van der Waals surface area contributed by atoms with E-state index in [4.69, 9.17) is 28.5 Å². The molecule has 0 bridgehead atoms. The summed E-state index contributed by atoms with van der Waals surface area (Å²) in [5, 5.41) is 13.6. The van der Waals surface area contributed by atoms with Crippen molar-refractivity contribution in [3.63, 3.8) is 0 Å². The zero-order valence-corrected chi connectivity index (χ0v) is 14.6. The third kappa shape index (κ3) is 4.23. The molecule has 1 rings (SSSR count). The molecular weight excluding hydrogens is 345 g/mol. The lowest BCUT2D eigenvalue weighted by molar-refractivity contribution is 0.568. The molecule has 0 fully saturated rings. The number of nitrogens with zero attached hydrogens (tertiary/aromatic N) is 2. The number of nitrogens with one attached hydrogen (secondary N) is 1. The zero-order chi connectivity index (χ0) is 17.0. The molecule has 1 aromatic rings. The predicted octanol–water partition coefficient (Wildman–Crippen LogP) is 3.50. The Kier molecular flexibility index (Phi) is 6.00. The lowest BCUT2D eigenvalue weighted by atomic mass is 10.2. The van der Waals surface area contributed by atoms with Crippen LogP contribution in [0.15, 0.2) is 34.4 Å². The van der Waals surface area contributed by atoms with E-state index in [0.717, 1.165) is 6.20 Å². The maximum atomic E-state index is 12.1. The van der Waals surface area contributed by atoms with Crippen molar-refractivity contribution in [3.05, 3.63) is 44.9 Å². The second-order valence-electron chi connectivity index (χ2n) is 5.26. The molecule has 1 aromatic carbocycles. The van der Waals surface area contributed by atoms with E-state index in [1.54, 1.807) is 24.3 Å². The molecule has 22 heavy (non-hydrogen) atoms. The van der Waals surface area contributed by atoms with Crippen molar-refractivity contribution in [2.75, 3.05) is 0 Å². The Balaban J connectivity index is 2.98. The Morgan fingerprint density at radius 2 is 1.86 bits per heavy atom. The number of hydrogen-bond acceptors (Lipinski definition) is 5. The third-order valence-electron chi connectivity index (χ3n) is 2.67. The van der Waals surface area contributed by atoms with Crippen molar-refractivity contribution in [2.45, 2.75) is 25.5 Å². The largest absolute Gasteiger partial charge is 0.284 e. The maximum Gasteiger partial charge on any atom is 0.194 e. The van der Waals surface area contributed by atoms with Gasteiger partial charge in [0.15, 0.2) is 14.7 Å². The van der Waals surface area contributed by atoms with Crippen molar-refractivity contribution in [2.24, 2.45) is 5.10 Å². The molecule has 0 amide bonds. The summed E-state index contributed by atoms with van der Waals surface area (Å²) in [7, 11) is -3.74. The first kappa shape index (κ1) is 18.5. The highest BCUT2D eigenvalue weighted by Gasteiger charge is 2.33. The number of benzene rings is 1. The van der Waals surface area contributed by atoms with E-state index in [9.17, 15) is 8.42 Å². The predicted molar refractivity (Wildman–Crippen MR) is 89.6 cm³/mol. The molecule has 118 valence electrons. The summed E-state index contributed by atoms with van der Waals surface area (Å²) in [6.45, 7) is 4.54. The van der Waals surface area contributed by atoms with Gasteiger partial charge in [0.1, 0.15) is 6.07 Å². The summed E-state index contributed by atoms with van der Waals surface area (Å²) < 4.78 is 23.2. The summed E-state index contributed by atoms with van der Waals surface area (Å²) in [5.41, 5.74) is 2.90. The van der Waals surface area contributed by atoms with Gasteiger partial charge < -0.3 is 0 Å². The highest BCUT2D eigenvalue weighted by Crippen LogP contribution is 2.23. The molecule has 0 aromatic heterocycles. The van der Waals surface area contributed by atoms with Gasteiger partial charge in [-0.25, -0.2) is 8.42 Å². The number of sulfone groups is 1. The minimum absolute atomic E-state index is 0.401. The van der Waals surface area contributed by atoms with Crippen LogP contribution in [0.3, 0.4) is 0 Å². The second kappa shape index (κ2) is 7.14. The topological polar surface area (TPSA) is 82.3 Å². The molecule has 0 aliphatic rings. The fourth-order valence-corrected chi connectivity index (χ4v) is 2.81. The SMILES string of the molecule is CC(C)(C)S(=O)(=O)/C(C#N)=C/N/N=C/c1c(Cl)cccc1Cl. The van der Waals surface area contributed by atoms with E-state index >= 15 is 0 Å². The van der Waals surface area contributed by atoms with E-state index in [1.807, 2.05) is 0 Å². The van der Waals surface area contributed by atoms with Gasteiger partial charge in [-0.15, -0.1) is 0 Å². The fraction of sp³-hybridized carbons (Fsp3) is 0.286. The van der Waals surface area contributed by atoms with Crippen LogP contribution in [0.5, 0.6) is 0 Å². The summed E-state index contributed by atoms with van der Waals surface area (Å²) >= 11 is 11.9. The van der Waals surface area contributed by atoms with Crippen LogP contribution in [0.2, 0.25) is 10.0 Å². The van der Waals surface area contributed by atoms with Crippen LogP contribution in [0.4, 0.5) is 0 Å². The molecule has 0 atom stereocenters. The standard InChI is InChI=1S/C14H15Cl2N3O2S/c1-14(2,3)22(20,21)10(7-17)8-18-19-9-11-12(15)5-4-6-13(11)16/h4-6,8-9,18H,1-3H3/b10-8+,19-9+. The quantitative estimate of drug-likeness (QED) is 0.506. The van der Waals surface area contributed by atoms with Crippen LogP contribution >= 0.6 is 23.2 Å². The molecule has 0 saturated carbocycles. The fourth-order valence-electron chi connectivity index (χ4n) is 1.33. The van der Waals surface area contributed by atoms with Crippen LogP contribution in [0, 0.1) is 11.3 Å². The van der Waals surface area contributed by atoms with Crippen LogP contribution < -0.4 is 5.43 Å². The number of allylic oxidation sites excluding steroid dienone is 1. The minimum Gasteiger partial charge on any atom is -0.284 e. The smallest absolute Gasteiger partial charge is 0.194 e. The molecular formula is C14H15Cl2N3O2S. The van der Waals surface area contributed by atoms with Gasteiger partial charge in [0, 0.05) is 11.8 Å². The number of rotatable bonds is 4. The molecule has 0 aliphatic carbocycles. The van der Waals surface area contributed by atoms with Gasteiger partial charge in [0.2, 0.25) is 0 Å². The number of nitriles is 1. The van der Waals surface area contributed by atoms with Gasteiger partial charge in [-0.1, -0.05) is 29.3 Å². The highest BCUT2D eigenvalue weighted by atomic mass is 35.5. The van der Waals surface area contributed by atoms with Gasteiger partial charge >= 0.3 is 0 Å². The van der Waals surface area contributed by atoms with E-state index in [-0.39, 0.29) is 0 Å². The van der Waals surface area contributed by atoms with Gasteiger partial charge in [-0.05, 0) is 32.9 Å². The molecule has 0 saturated heterocycles. The van der Waals surface area contributed by atoms with Crippen molar-refractivity contribution in [1.82, 2.24) is 5.43 Å². The molecule has 0 heterocycles. The van der Waals surface area contributed by atoms with Crippen molar-refractivity contribution in [1.29, 1.82) is 5.26 Å². The van der Waals surface area contributed by atoms with Crippen molar-refractivity contribution < 1.29 is 8.42 Å². The van der Waals surface area contributed by atoms with E-state index in [2.05, 4.69) is 10.5 Å². The summed E-state index contributed by atoms with van der Waals surface area (Å²) in [5.74, 6) is 0. The monoisotopic (exact) mass is 359 g/mol. The summed E-state index contributed by atoms with van der Waals surface area (Å²) in [4.78, 5) is -0.401. The van der Waals surface area contributed by atoms with E-state index < -0.39 is 19.5 Å². The average molecular weight is 360 g/mol. The van der Waals surface area contributed by atoms with Gasteiger partial charge in [-0.3, -0.25) is 5.43 Å². The van der Waals surface area contributed by atoms with Gasteiger partial charge in [-0.2, -0.15) is 10.4 Å². The van der Waals surface area contributed by atoms with Crippen LogP contribution in [0.25, 0.3) is 0 Å². The Hall–Kier alpha value is -1.55. The van der Waals surface area contributed by atoms with E-state index in [1.165, 1.54) is 27.0 Å². The Morgan fingerprint density at radius 1 is 1.32 bits per heavy atom. The number of hydrazone groups is 1. The van der Waals surface area contributed by atoms with Crippen LogP contribution in [-0.4, -0.2) is 19.4 Å². The maximum absolute atomic E-state index is 12.1. The lowest BCUT2D eigenvalue weighted by Gasteiger charge is -2.17. The Morgan fingerprint density at radius 3 is 2.32 bits per heavy atom. The average Bonchev–Trinajstić information content (AvgIpc) is 2.40. The zero-order valence-electron chi connectivity index (χ0n) is 12.3. The van der Waals surface area contributed by atoms with Gasteiger partial charge in [0.25, 0.3) is 0 Å².